The van der Waals surface area contributed by atoms with Crippen LogP contribution in [0.1, 0.15) is 42.9 Å². The number of unbranched alkanes of at least 4 members (excludes halogenated alkanes) is 1. The van der Waals surface area contributed by atoms with Gasteiger partial charge in [0.05, 0.1) is 6.54 Å². The minimum absolute atomic E-state index is 0.113. The zero-order chi connectivity index (χ0) is 14.3. The van der Waals surface area contributed by atoms with E-state index in [0.717, 1.165) is 24.2 Å². The molecule has 0 fully saturated rings. The molecule has 1 aromatic rings. The van der Waals surface area contributed by atoms with Gasteiger partial charge in [0.2, 0.25) is 5.91 Å². The molecule has 0 atom stereocenters. The maximum atomic E-state index is 11.4. The molecule has 0 aliphatic rings. The molecule has 1 rings (SSSR count). The van der Waals surface area contributed by atoms with Gasteiger partial charge >= 0.3 is 0 Å². The molecule has 3 nitrogen and oxygen atoms in total. The molecule has 1 amide bonds. The largest absolute Gasteiger partial charge is 0.491 e. The predicted molar refractivity (Wildman–Crippen MR) is 78.7 cm³/mol. The SMILES string of the molecule is CCCCC(=O)NCCOc1cc(C)c(C)cc1C. The van der Waals surface area contributed by atoms with E-state index in [2.05, 4.69) is 38.2 Å². The molecular formula is C16H25NO2. The fourth-order valence-corrected chi connectivity index (χ4v) is 1.87. The summed E-state index contributed by atoms with van der Waals surface area (Å²) < 4.78 is 5.71. The maximum absolute atomic E-state index is 11.4. The van der Waals surface area contributed by atoms with Gasteiger partial charge in [0, 0.05) is 6.42 Å². The zero-order valence-electron chi connectivity index (χ0n) is 12.5. The number of aryl methyl sites for hydroxylation is 3. The summed E-state index contributed by atoms with van der Waals surface area (Å²) in [5, 5.41) is 2.87. The van der Waals surface area contributed by atoms with Crippen molar-refractivity contribution in [3.05, 3.63) is 28.8 Å². The second-order valence-electron chi connectivity index (χ2n) is 5.00. The van der Waals surface area contributed by atoms with Gasteiger partial charge in [0.1, 0.15) is 12.4 Å². The van der Waals surface area contributed by atoms with Gasteiger partial charge in [-0.05, 0) is 49.9 Å². The Labute approximate surface area is 116 Å². The maximum Gasteiger partial charge on any atom is 0.220 e. The first kappa shape index (κ1) is 15.5. The highest BCUT2D eigenvalue weighted by Gasteiger charge is 2.03. The summed E-state index contributed by atoms with van der Waals surface area (Å²) >= 11 is 0. The van der Waals surface area contributed by atoms with Crippen molar-refractivity contribution in [2.24, 2.45) is 0 Å². The van der Waals surface area contributed by atoms with Crippen LogP contribution in [-0.4, -0.2) is 19.1 Å². The first-order chi connectivity index (χ1) is 9.04. The zero-order valence-corrected chi connectivity index (χ0v) is 12.5. The second kappa shape index (κ2) is 7.82. The van der Waals surface area contributed by atoms with Crippen molar-refractivity contribution < 1.29 is 9.53 Å². The Hall–Kier alpha value is -1.51. The molecule has 0 saturated carbocycles. The van der Waals surface area contributed by atoms with Crippen LogP contribution >= 0.6 is 0 Å². The Morgan fingerprint density at radius 1 is 1.16 bits per heavy atom. The second-order valence-corrected chi connectivity index (χ2v) is 5.00. The fraction of sp³-hybridized carbons (Fsp3) is 0.562. The van der Waals surface area contributed by atoms with Crippen molar-refractivity contribution >= 4 is 5.91 Å². The van der Waals surface area contributed by atoms with E-state index in [1.807, 2.05) is 6.92 Å². The number of hydrogen-bond donors (Lipinski definition) is 1. The Bertz CT molecular complexity index is 427. The van der Waals surface area contributed by atoms with Gasteiger partial charge in [0.15, 0.2) is 0 Å². The Balaban J connectivity index is 2.33. The third-order valence-corrected chi connectivity index (χ3v) is 3.23. The van der Waals surface area contributed by atoms with Crippen molar-refractivity contribution in [1.29, 1.82) is 0 Å². The molecule has 0 unspecified atom stereocenters. The van der Waals surface area contributed by atoms with E-state index in [1.165, 1.54) is 11.1 Å². The van der Waals surface area contributed by atoms with Gasteiger partial charge in [-0.3, -0.25) is 4.79 Å². The fourth-order valence-electron chi connectivity index (χ4n) is 1.87. The molecule has 0 saturated heterocycles. The highest BCUT2D eigenvalue weighted by atomic mass is 16.5. The molecule has 0 radical (unpaired) electrons. The van der Waals surface area contributed by atoms with Gasteiger partial charge in [-0.25, -0.2) is 0 Å². The number of amides is 1. The minimum atomic E-state index is 0.113. The van der Waals surface area contributed by atoms with E-state index >= 15 is 0 Å². The third kappa shape index (κ3) is 5.33. The number of rotatable bonds is 7. The third-order valence-electron chi connectivity index (χ3n) is 3.23. The summed E-state index contributed by atoms with van der Waals surface area (Å²) in [6, 6.07) is 4.19. The molecule has 0 aliphatic carbocycles. The lowest BCUT2D eigenvalue weighted by Crippen LogP contribution is -2.27. The van der Waals surface area contributed by atoms with Crippen LogP contribution in [0.25, 0.3) is 0 Å². The molecule has 0 bridgehead atoms. The highest BCUT2D eigenvalue weighted by Crippen LogP contribution is 2.22. The first-order valence-electron chi connectivity index (χ1n) is 7.02. The van der Waals surface area contributed by atoms with Crippen molar-refractivity contribution in [2.45, 2.75) is 47.0 Å². The van der Waals surface area contributed by atoms with Crippen molar-refractivity contribution in [1.82, 2.24) is 5.32 Å². The molecule has 106 valence electrons. The molecule has 1 aromatic carbocycles. The number of nitrogens with one attached hydrogen (secondary N) is 1. The Kier molecular flexibility index (Phi) is 6.40. The summed E-state index contributed by atoms with van der Waals surface area (Å²) in [6.45, 7) is 9.38. The number of carbonyl (C=O) groups excluding carboxylic acids is 1. The average molecular weight is 263 g/mol. The van der Waals surface area contributed by atoms with Crippen molar-refractivity contribution in [2.75, 3.05) is 13.2 Å². The van der Waals surface area contributed by atoms with Crippen molar-refractivity contribution in [3.8, 4) is 5.75 Å². The van der Waals surface area contributed by atoms with Gasteiger partial charge in [-0.15, -0.1) is 0 Å². The van der Waals surface area contributed by atoms with Crippen LogP contribution in [0.4, 0.5) is 0 Å². The van der Waals surface area contributed by atoms with E-state index in [-0.39, 0.29) is 5.91 Å². The van der Waals surface area contributed by atoms with E-state index in [1.54, 1.807) is 0 Å². The molecule has 3 heteroatoms. The van der Waals surface area contributed by atoms with E-state index < -0.39 is 0 Å². The number of benzene rings is 1. The van der Waals surface area contributed by atoms with Crippen LogP contribution in [-0.2, 0) is 4.79 Å². The standard InChI is InChI=1S/C16H25NO2/c1-5-6-7-16(18)17-8-9-19-15-11-13(3)12(2)10-14(15)4/h10-11H,5-9H2,1-4H3,(H,17,18). The Morgan fingerprint density at radius 2 is 1.84 bits per heavy atom. The van der Waals surface area contributed by atoms with Gasteiger partial charge in [-0.1, -0.05) is 19.4 Å². The van der Waals surface area contributed by atoms with Gasteiger partial charge < -0.3 is 10.1 Å². The smallest absolute Gasteiger partial charge is 0.220 e. The highest BCUT2D eigenvalue weighted by molar-refractivity contribution is 5.75. The minimum Gasteiger partial charge on any atom is -0.491 e. The molecular weight excluding hydrogens is 238 g/mol. The summed E-state index contributed by atoms with van der Waals surface area (Å²) in [7, 11) is 0. The van der Waals surface area contributed by atoms with Crippen LogP contribution in [0.2, 0.25) is 0 Å². The summed E-state index contributed by atoms with van der Waals surface area (Å²) in [4.78, 5) is 11.4. The van der Waals surface area contributed by atoms with E-state index in [4.69, 9.17) is 4.74 Å². The molecule has 0 aromatic heterocycles. The monoisotopic (exact) mass is 263 g/mol. The number of carbonyl (C=O) groups is 1. The Morgan fingerprint density at radius 3 is 2.53 bits per heavy atom. The average Bonchev–Trinajstić information content (AvgIpc) is 2.37. The van der Waals surface area contributed by atoms with Crippen LogP contribution < -0.4 is 10.1 Å². The van der Waals surface area contributed by atoms with Crippen LogP contribution in [0, 0.1) is 20.8 Å². The van der Waals surface area contributed by atoms with E-state index in [9.17, 15) is 4.79 Å². The summed E-state index contributed by atoms with van der Waals surface area (Å²) in [5.41, 5.74) is 3.64. The summed E-state index contributed by atoms with van der Waals surface area (Å²) in [5.74, 6) is 1.02. The molecule has 0 heterocycles. The predicted octanol–water partition coefficient (Wildman–Crippen LogP) is 3.30. The van der Waals surface area contributed by atoms with Crippen LogP contribution in [0.5, 0.6) is 5.75 Å². The van der Waals surface area contributed by atoms with Gasteiger partial charge in [0.25, 0.3) is 0 Å². The lowest BCUT2D eigenvalue weighted by molar-refractivity contribution is -0.121. The van der Waals surface area contributed by atoms with Crippen molar-refractivity contribution in [3.63, 3.8) is 0 Å². The van der Waals surface area contributed by atoms with Crippen LogP contribution in [0.3, 0.4) is 0 Å². The lowest BCUT2D eigenvalue weighted by atomic mass is 10.1. The summed E-state index contributed by atoms with van der Waals surface area (Å²) in [6.07, 6.45) is 2.61. The number of hydrogen-bond acceptors (Lipinski definition) is 2. The van der Waals surface area contributed by atoms with E-state index in [0.29, 0.717) is 19.6 Å². The molecule has 19 heavy (non-hydrogen) atoms. The van der Waals surface area contributed by atoms with Crippen LogP contribution in [0.15, 0.2) is 12.1 Å². The van der Waals surface area contributed by atoms with Gasteiger partial charge in [-0.2, -0.15) is 0 Å². The number of ether oxygens (including phenoxy) is 1. The molecule has 0 spiro atoms. The topological polar surface area (TPSA) is 38.3 Å². The molecule has 0 aliphatic heterocycles. The quantitative estimate of drug-likeness (QED) is 0.767. The normalized spacial score (nSPS) is 10.3. The molecule has 1 N–H and O–H groups in total. The first-order valence-corrected chi connectivity index (χ1v) is 7.02. The lowest BCUT2D eigenvalue weighted by Gasteiger charge is -2.12.